The van der Waals surface area contributed by atoms with Gasteiger partial charge in [0.15, 0.2) is 0 Å². The topological polar surface area (TPSA) is 80.5 Å². The van der Waals surface area contributed by atoms with E-state index in [0.717, 1.165) is 6.26 Å². The second kappa shape index (κ2) is 6.20. The smallest absolute Gasteiger partial charge is 0.223 e. The van der Waals surface area contributed by atoms with Crippen molar-refractivity contribution in [3.63, 3.8) is 0 Å². The Morgan fingerprint density at radius 3 is 2.25 bits per heavy atom. The number of sulfone groups is 1. The van der Waals surface area contributed by atoms with Crippen LogP contribution in [0.25, 0.3) is 0 Å². The summed E-state index contributed by atoms with van der Waals surface area (Å²) in [5, 5.41) is 0. The van der Waals surface area contributed by atoms with Gasteiger partial charge in [-0.05, 0) is 5.92 Å². The number of carbonyl (C=O) groups excluding carboxylic acids is 1. The zero-order valence-corrected chi connectivity index (χ0v) is 11.3. The molecule has 5 nitrogen and oxygen atoms in total. The molecule has 1 unspecified atom stereocenters. The van der Waals surface area contributed by atoms with Crippen molar-refractivity contribution in [2.45, 2.75) is 26.3 Å². The molecule has 0 heterocycles. The molecule has 0 saturated carbocycles. The van der Waals surface area contributed by atoms with Crippen molar-refractivity contribution in [3.8, 4) is 0 Å². The molecule has 1 amide bonds. The van der Waals surface area contributed by atoms with Gasteiger partial charge in [-0.3, -0.25) is 4.79 Å². The first-order valence-electron chi connectivity index (χ1n) is 5.30. The van der Waals surface area contributed by atoms with Gasteiger partial charge >= 0.3 is 0 Å². The molecule has 0 aliphatic rings. The molecule has 6 heteroatoms. The van der Waals surface area contributed by atoms with Gasteiger partial charge in [-0.2, -0.15) is 0 Å². The molecule has 0 aromatic heterocycles. The highest BCUT2D eigenvalue weighted by atomic mass is 32.2. The van der Waals surface area contributed by atoms with E-state index in [1.54, 1.807) is 7.05 Å². The molecule has 0 aliphatic carbocycles. The third-order valence-corrected chi connectivity index (χ3v) is 3.41. The predicted octanol–water partition coefficient (Wildman–Crippen LogP) is -0.137. The van der Waals surface area contributed by atoms with Crippen molar-refractivity contribution in [1.82, 2.24) is 4.90 Å². The van der Waals surface area contributed by atoms with Gasteiger partial charge in [-0.25, -0.2) is 8.42 Å². The first-order chi connectivity index (χ1) is 7.13. The maximum atomic E-state index is 11.6. The van der Waals surface area contributed by atoms with Crippen molar-refractivity contribution >= 4 is 15.7 Å². The van der Waals surface area contributed by atoms with Crippen LogP contribution in [0.15, 0.2) is 0 Å². The lowest BCUT2D eigenvalue weighted by atomic mass is 10.0. The third-order valence-electron chi connectivity index (χ3n) is 2.49. The second-order valence-electron chi connectivity index (χ2n) is 4.56. The van der Waals surface area contributed by atoms with Crippen molar-refractivity contribution in [1.29, 1.82) is 0 Å². The molecule has 0 radical (unpaired) electrons. The fourth-order valence-electron chi connectivity index (χ4n) is 1.02. The quantitative estimate of drug-likeness (QED) is 0.711. The Kier molecular flexibility index (Phi) is 5.96. The Morgan fingerprint density at radius 2 is 1.88 bits per heavy atom. The van der Waals surface area contributed by atoms with Gasteiger partial charge in [0.1, 0.15) is 9.84 Å². The summed E-state index contributed by atoms with van der Waals surface area (Å²) in [5.41, 5.74) is 5.77. The summed E-state index contributed by atoms with van der Waals surface area (Å²) in [6.07, 6.45) is 1.42. The van der Waals surface area contributed by atoms with E-state index in [2.05, 4.69) is 0 Å². The van der Waals surface area contributed by atoms with Crippen LogP contribution in [-0.4, -0.2) is 50.9 Å². The average Bonchev–Trinajstić information content (AvgIpc) is 2.12. The molecule has 0 rings (SSSR count). The first kappa shape index (κ1) is 15.4. The van der Waals surface area contributed by atoms with Gasteiger partial charge in [0, 0.05) is 32.3 Å². The minimum absolute atomic E-state index is 0.00778. The number of carbonyl (C=O) groups is 1. The van der Waals surface area contributed by atoms with Crippen LogP contribution >= 0.6 is 0 Å². The van der Waals surface area contributed by atoms with E-state index in [-0.39, 0.29) is 36.6 Å². The summed E-state index contributed by atoms with van der Waals surface area (Å²) in [7, 11) is -1.42. The van der Waals surface area contributed by atoms with Crippen molar-refractivity contribution in [2.24, 2.45) is 11.7 Å². The van der Waals surface area contributed by atoms with Crippen LogP contribution in [-0.2, 0) is 14.6 Å². The van der Waals surface area contributed by atoms with E-state index >= 15 is 0 Å². The molecule has 0 aromatic carbocycles. The summed E-state index contributed by atoms with van der Waals surface area (Å²) in [6.45, 7) is 4.13. The maximum absolute atomic E-state index is 11.6. The number of nitrogens with two attached hydrogens (primary N) is 1. The maximum Gasteiger partial charge on any atom is 0.223 e. The molecule has 0 aliphatic heterocycles. The van der Waals surface area contributed by atoms with Crippen molar-refractivity contribution < 1.29 is 13.2 Å². The van der Waals surface area contributed by atoms with Gasteiger partial charge in [0.05, 0.1) is 5.75 Å². The van der Waals surface area contributed by atoms with Gasteiger partial charge in [-0.15, -0.1) is 0 Å². The first-order valence-corrected chi connectivity index (χ1v) is 7.37. The number of rotatable bonds is 6. The van der Waals surface area contributed by atoms with E-state index in [0.29, 0.717) is 0 Å². The minimum Gasteiger partial charge on any atom is -0.345 e. The van der Waals surface area contributed by atoms with Crippen LogP contribution in [0.2, 0.25) is 0 Å². The van der Waals surface area contributed by atoms with Crippen LogP contribution in [0.5, 0.6) is 0 Å². The molecule has 16 heavy (non-hydrogen) atoms. The highest BCUT2D eigenvalue weighted by Crippen LogP contribution is 2.04. The number of nitrogens with zero attached hydrogens (tertiary/aromatic N) is 1. The highest BCUT2D eigenvalue weighted by molar-refractivity contribution is 7.90. The van der Waals surface area contributed by atoms with Gasteiger partial charge in [-0.1, -0.05) is 13.8 Å². The van der Waals surface area contributed by atoms with Crippen molar-refractivity contribution in [2.75, 3.05) is 25.6 Å². The molecule has 0 saturated heterocycles. The van der Waals surface area contributed by atoms with Crippen LogP contribution in [0.3, 0.4) is 0 Å². The lowest BCUT2D eigenvalue weighted by molar-refractivity contribution is -0.130. The summed E-state index contributed by atoms with van der Waals surface area (Å²) in [5.74, 6) is 0.128. The van der Waals surface area contributed by atoms with Crippen LogP contribution in [0, 0.1) is 5.92 Å². The molecule has 2 N–H and O–H groups in total. The molecular formula is C10H22N2O3S. The molecule has 0 bridgehead atoms. The Labute approximate surface area is 97.9 Å². The lowest BCUT2D eigenvalue weighted by Gasteiger charge is -2.20. The Bertz CT molecular complexity index is 325. The summed E-state index contributed by atoms with van der Waals surface area (Å²) in [4.78, 5) is 13.0. The average molecular weight is 250 g/mol. The summed E-state index contributed by atoms with van der Waals surface area (Å²) in [6, 6.07) is -0.173. The lowest BCUT2D eigenvalue weighted by Crippen LogP contribution is -2.37. The largest absolute Gasteiger partial charge is 0.345 e. The summed E-state index contributed by atoms with van der Waals surface area (Å²) >= 11 is 0. The Hall–Kier alpha value is -0.620. The van der Waals surface area contributed by atoms with Gasteiger partial charge < -0.3 is 10.6 Å². The third kappa shape index (κ3) is 6.79. The Balaban J connectivity index is 4.10. The predicted molar refractivity (Wildman–Crippen MR) is 64.8 cm³/mol. The molecule has 96 valence electrons. The minimum atomic E-state index is -3.02. The van der Waals surface area contributed by atoms with E-state index in [4.69, 9.17) is 5.73 Å². The molecule has 0 aromatic rings. The fraction of sp³-hybridized carbons (Fsp3) is 0.900. The highest BCUT2D eigenvalue weighted by Gasteiger charge is 2.17. The van der Waals surface area contributed by atoms with Crippen LogP contribution in [0.4, 0.5) is 0 Å². The summed E-state index contributed by atoms with van der Waals surface area (Å²) < 4.78 is 21.9. The zero-order chi connectivity index (χ0) is 12.9. The van der Waals surface area contributed by atoms with Crippen LogP contribution in [0.1, 0.15) is 20.3 Å². The number of hydrogen-bond acceptors (Lipinski definition) is 4. The van der Waals surface area contributed by atoms with Gasteiger partial charge in [0.2, 0.25) is 5.91 Å². The SMILES string of the molecule is CC(C)C(N)CC(=O)N(C)CCS(C)(=O)=O. The monoisotopic (exact) mass is 250 g/mol. The standard InChI is InChI=1S/C10H22N2O3S/c1-8(2)9(11)7-10(13)12(3)5-6-16(4,14)15/h8-9H,5-7,11H2,1-4H3. The normalized spacial score (nSPS) is 13.9. The van der Waals surface area contributed by atoms with E-state index < -0.39 is 9.84 Å². The second-order valence-corrected chi connectivity index (χ2v) is 6.82. The fourth-order valence-corrected chi connectivity index (χ4v) is 1.63. The Morgan fingerprint density at radius 1 is 1.38 bits per heavy atom. The van der Waals surface area contributed by atoms with Crippen LogP contribution < -0.4 is 5.73 Å². The van der Waals surface area contributed by atoms with Crippen molar-refractivity contribution in [3.05, 3.63) is 0 Å². The van der Waals surface area contributed by atoms with E-state index in [9.17, 15) is 13.2 Å². The van der Waals surface area contributed by atoms with E-state index in [1.165, 1.54) is 4.90 Å². The van der Waals surface area contributed by atoms with Gasteiger partial charge in [0.25, 0.3) is 0 Å². The van der Waals surface area contributed by atoms with E-state index in [1.807, 2.05) is 13.8 Å². The molecule has 1 atom stereocenters. The number of hydrogen-bond donors (Lipinski definition) is 1. The number of amides is 1. The zero-order valence-electron chi connectivity index (χ0n) is 10.4. The molecular weight excluding hydrogens is 228 g/mol. The molecule has 0 fully saturated rings. The molecule has 0 spiro atoms.